The molecule has 1 spiro atoms. The van der Waals surface area contributed by atoms with Crippen LogP contribution in [0.5, 0.6) is 0 Å². The number of benzene rings is 1. The van der Waals surface area contributed by atoms with E-state index in [1.165, 1.54) is 11.1 Å². The van der Waals surface area contributed by atoms with Gasteiger partial charge in [-0.3, -0.25) is 10.1 Å². The Morgan fingerprint density at radius 3 is 2.66 bits per heavy atom. The van der Waals surface area contributed by atoms with E-state index in [4.69, 9.17) is 32.8 Å². The van der Waals surface area contributed by atoms with E-state index < -0.39 is 12.1 Å². The molecule has 2 heterocycles. The molecular formula is C24H34Cl2N4O5. The number of carbonyl (C=O) groups is 2. The fourth-order valence-corrected chi connectivity index (χ4v) is 5.36. The molecule has 0 unspecified atom stereocenters. The number of rotatable bonds is 8. The van der Waals surface area contributed by atoms with Crippen molar-refractivity contribution in [2.75, 3.05) is 51.8 Å². The number of aliphatic hydroxyl groups excluding tert-OH is 1. The Morgan fingerprint density at radius 1 is 1.23 bits per heavy atom. The molecule has 35 heavy (non-hydrogen) atoms. The molecule has 194 valence electrons. The standard InChI is InChI=1S/C24H34Cl2N4O5/c1-16-22(32)29(11-12-30(16)35-23(33)27-17-3-4-19(25)20(26)13-17)18(15-34-2)5-9-28-10-8-24(6-7-24)21(31)14-28/h3-4,13,16,18,21,31H,5-12,14-15H2,1-2H3,(H,27,33)/t16-,18-,21+/m0/s1. The number of hydrogen-bond donors (Lipinski definition) is 2. The molecule has 3 aliphatic rings. The molecule has 0 radical (unpaired) electrons. The normalized spacial score (nSPS) is 25.5. The fraction of sp³-hybridized carbons (Fsp3) is 0.667. The highest BCUT2D eigenvalue weighted by Crippen LogP contribution is 2.53. The molecule has 1 aliphatic carbocycles. The number of ether oxygens (including phenoxy) is 1. The Morgan fingerprint density at radius 2 is 2.00 bits per heavy atom. The van der Waals surface area contributed by atoms with Crippen molar-refractivity contribution >= 4 is 40.9 Å². The molecule has 9 nitrogen and oxygen atoms in total. The first-order valence-electron chi connectivity index (χ1n) is 12.1. The minimum absolute atomic E-state index is 0.0870. The van der Waals surface area contributed by atoms with Gasteiger partial charge in [0, 0.05) is 32.4 Å². The van der Waals surface area contributed by atoms with Crippen molar-refractivity contribution < 1.29 is 24.3 Å². The Bertz CT molecular complexity index is 931. The van der Waals surface area contributed by atoms with Crippen molar-refractivity contribution in [3.8, 4) is 0 Å². The van der Waals surface area contributed by atoms with Crippen LogP contribution >= 0.6 is 23.2 Å². The maximum atomic E-state index is 13.2. The Labute approximate surface area is 216 Å². The van der Waals surface area contributed by atoms with Crippen LogP contribution in [0.15, 0.2) is 18.2 Å². The highest BCUT2D eigenvalue weighted by molar-refractivity contribution is 6.42. The third-order valence-electron chi connectivity index (χ3n) is 7.53. The molecule has 1 aromatic carbocycles. The molecule has 2 amide bonds. The van der Waals surface area contributed by atoms with Crippen molar-refractivity contribution in [3.63, 3.8) is 0 Å². The van der Waals surface area contributed by atoms with E-state index >= 15 is 0 Å². The number of amides is 2. The van der Waals surface area contributed by atoms with Crippen molar-refractivity contribution in [1.82, 2.24) is 14.9 Å². The summed E-state index contributed by atoms with van der Waals surface area (Å²) in [4.78, 5) is 35.1. The number of β-amino-alcohol motifs (C(OH)–C–C–N with tert-alkyl or cyclic N) is 1. The molecule has 2 saturated heterocycles. The van der Waals surface area contributed by atoms with Gasteiger partial charge in [0.2, 0.25) is 5.91 Å². The maximum Gasteiger partial charge on any atom is 0.430 e. The number of carbonyl (C=O) groups excluding carboxylic acids is 2. The Kier molecular flexibility index (Phi) is 8.45. The van der Waals surface area contributed by atoms with Crippen LogP contribution in [0.1, 0.15) is 32.6 Å². The summed E-state index contributed by atoms with van der Waals surface area (Å²) in [6, 6.07) is 4.00. The summed E-state index contributed by atoms with van der Waals surface area (Å²) in [6.07, 6.45) is 3.11. The number of aliphatic hydroxyl groups is 1. The van der Waals surface area contributed by atoms with Crippen LogP contribution in [-0.4, -0.2) is 96.6 Å². The van der Waals surface area contributed by atoms with Crippen molar-refractivity contribution in [1.29, 1.82) is 0 Å². The molecule has 11 heteroatoms. The van der Waals surface area contributed by atoms with Crippen molar-refractivity contribution in [2.24, 2.45) is 5.41 Å². The number of piperidine rings is 1. The van der Waals surface area contributed by atoms with Gasteiger partial charge in [0.25, 0.3) is 0 Å². The summed E-state index contributed by atoms with van der Waals surface area (Å²) in [5.41, 5.74) is 0.619. The average molecular weight is 529 g/mol. The highest BCUT2D eigenvalue weighted by Gasteiger charge is 2.51. The van der Waals surface area contributed by atoms with Crippen LogP contribution in [0, 0.1) is 5.41 Å². The first-order valence-corrected chi connectivity index (χ1v) is 12.9. The number of piperazine rings is 1. The molecule has 0 bridgehead atoms. The van der Waals surface area contributed by atoms with Gasteiger partial charge < -0.3 is 24.5 Å². The van der Waals surface area contributed by atoms with Crippen LogP contribution in [0.25, 0.3) is 0 Å². The third-order valence-corrected chi connectivity index (χ3v) is 8.27. The number of halogens is 2. The average Bonchev–Trinajstić information content (AvgIpc) is 3.60. The zero-order valence-electron chi connectivity index (χ0n) is 20.2. The summed E-state index contributed by atoms with van der Waals surface area (Å²) >= 11 is 11.9. The zero-order valence-corrected chi connectivity index (χ0v) is 21.7. The predicted molar refractivity (Wildman–Crippen MR) is 133 cm³/mol. The number of nitrogens with zero attached hydrogens (tertiary/aromatic N) is 3. The zero-order chi connectivity index (χ0) is 25.2. The summed E-state index contributed by atoms with van der Waals surface area (Å²) in [5, 5.41) is 15.2. The first-order chi connectivity index (χ1) is 16.7. The second-order valence-corrected chi connectivity index (χ2v) is 10.6. The van der Waals surface area contributed by atoms with Gasteiger partial charge in [-0.2, -0.15) is 0 Å². The van der Waals surface area contributed by atoms with Crippen LogP contribution in [0.3, 0.4) is 0 Å². The lowest BCUT2D eigenvalue weighted by Crippen LogP contribution is -2.60. The molecule has 4 rings (SSSR count). The number of methoxy groups -OCH3 is 1. The van der Waals surface area contributed by atoms with E-state index in [1.807, 2.05) is 4.90 Å². The molecule has 0 aromatic heterocycles. The Hall–Kier alpha value is -1.62. The summed E-state index contributed by atoms with van der Waals surface area (Å²) in [5.74, 6) is -0.115. The maximum absolute atomic E-state index is 13.2. The van der Waals surface area contributed by atoms with Crippen LogP contribution < -0.4 is 5.32 Å². The van der Waals surface area contributed by atoms with Crippen LogP contribution in [0.2, 0.25) is 10.0 Å². The lowest BCUT2D eigenvalue weighted by Gasteiger charge is -2.42. The van der Waals surface area contributed by atoms with Gasteiger partial charge in [-0.1, -0.05) is 23.2 Å². The third kappa shape index (κ3) is 6.21. The fourth-order valence-electron chi connectivity index (χ4n) is 5.06. The van der Waals surface area contributed by atoms with Crippen LogP contribution in [0.4, 0.5) is 10.5 Å². The van der Waals surface area contributed by atoms with Gasteiger partial charge >= 0.3 is 6.09 Å². The number of nitrogens with one attached hydrogen (secondary N) is 1. The summed E-state index contributed by atoms with van der Waals surface area (Å²) < 4.78 is 5.43. The van der Waals surface area contributed by atoms with E-state index in [1.54, 1.807) is 26.2 Å². The minimum Gasteiger partial charge on any atom is -0.391 e. The van der Waals surface area contributed by atoms with E-state index in [0.717, 1.165) is 38.8 Å². The summed E-state index contributed by atoms with van der Waals surface area (Å²) in [7, 11) is 1.63. The van der Waals surface area contributed by atoms with Gasteiger partial charge in [-0.25, -0.2) is 4.79 Å². The van der Waals surface area contributed by atoms with Gasteiger partial charge in [0.1, 0.15) is 6.04 Å². The van der Waals surface area contributed by atoms with Crippen molar-refractivity contribution in [2.45, 2.75) is 50.8 Å². The quantitative estimate of drug-likeness (QED) is 0.534. The number of hydroxylamine groups is 2. The lowest BCUT2D eigenvalue weighted by atomic mass is 9.90. The van der Waals surface area contributed by atoms with Gasteiger partial charge in [-0.05, 0) is 62.8 Å². The lowest BCUT2D eigenvalue weighted by molar-refractivity contribution is -0.179. The molecule has 3 fully saturated rings. The summed E-state index contributed by atoms with van der Waals surface area (Å²) in [6.45, 7) is 5.43. The SMILES string of the molecule is COC[C@H](CCN1CCC2(CC2)[C@H](O)C1)N1CCN(OC(=O)Nc2ccc(Cl)c(Cl)c2)[C@@H](C)C1=O. The number of likely N-dealkylation sites (tertiary alicyclic amines) is 1. The van der Waals surface area contributed by atoms with E-state index in [-0.39, 0.29) is 23.5 Å². The number of hydrogen-bond acceptors (Lipinski definition) is 7. The second-order valence-electron chi connectivity index (χ2n) is 9.81. The molecule has 1 saturated carbocycles. The Balaban J connectivity index is 1.28. The number of anilines is 1. The first kappa shape index (κ1) is 26.4. The van der Waals surface area contributed by atoms with E-state index in [0.29, 0.717) is 42.0 Å². The topological polar surface area (TPSA) is 94.6 Å². The van der Waals surface area contributed by atoms with Gasteiger partial charge in [-0.15, -0.1) is 5.06 Å². The van der Waals surface area contributed by atoms with E-state index in [9.17, 15) is 14.7 Å². The molecule has 2 N–H and O–H groups in total. The van der Waals surface area contributed by atoms with Gasteiger partial charge in [0.05, 0.1) is 35.3 Å². The van der Waals surface area contributed by atoms with Gasteiger partial charge in [0.15, 0.2) is 0 Å². The van der Waals surface area contributed by atoms with Crippen molar-refractivity contribution in [3.05, 3.63) is 28.2 Å². The monoisotopic (exact) mass is 528 g/mol. The molecule has 1 aromatic rings. The minimum atomic E-state index is -0.706. The highest BCUT2D eigenvalue weighted by atomic mass is 35.5. The van der Waals surface area contributed by atoms with E-state index in [2.05, 4.69) is 10.2 Å². The van der Waals surface area contributed by atoms with Crippen LogP contribution in [-0.2, 0) is 14.4 Å². The second kappa shape index (κ2) is 11.2. The predicted octanol–water partition coefficient (Wildman–Crippen LogP) is 3.24. The molecule has 3 atom stereocenters. The molecular weight excluding hydrogens is 495 g/mol. The molecule has 2 aliphatic heterocycles. The largest absolute Gasteiger partial charge is 0.430 e. The smallest absolute Gasteiger partial charge is 0.391 e.